The molecule has 7 heteroatoms. The van der Waals surface area contributed by atoms with E-state index < -0.39 is 5.54 Å². The molecule has 0 amide bonds. The zero-order valence-electron chi connectivity index (χ0n) is 16.0. The van der Waals surface area contributed by atoms with E-state index in [1.165, 1.54) is 24.2 Å². The van der Waals surface area contributed by atoms with Crippen molar-refractivity contribution in [2.45, 2.75) is 38.3 Å². The normalized spacial score (nSPS) is 23.7. The zero-order valence-corrected chi connectivity index (χ0v) is 16.8. The Morgan fingerprint density at radius 1 is 1.29 bits per heavy atom. The van der Waals surface area contributed by atoms with Crippen LogP contribution < -0.4 is 29.7 Å². The van der Waals surface area contributed by atoms with Crippen LogP contribution in [-0.2, 0) is 4.79 Å². The van der Waals surface area contributed by atoms with E-state index in [-0.39, 0.29) is 11.3 Å². The summed E-state index contributed by atoms with van der Waals surface area (Å²) in [5.41, 5.74) is 2.01. The van der Waals surface area contributed by atoms with E-state index in [2.05, 4.69) is 21.3 Å². The van der Waals surface area contributed by atoms with Gasteiger partial charge in [0, 0.05) is 18.2 Å². The monoisotopic (exact) mass is 397 g/mol. The van der Waals surface area contributed by atoms with Gasteiger partial charge in [-0.3, -0.25) is 9.59 Å². The molecule has 3 aliphatic rings. The molecular formula is C21H23N3O3S. The highest BCUT2D eigenvalue weighted by molar-refractivity contribution is 7.07. The molecular weight excluding hydrogens is 374 g/mol. The molecule has 1 saturated carbocycles. The number of thiazole rings is 1. The molecule has 1 aliphatic carbocycles. The van der Waals surface area contributed by atoms with Crippen LogP contribution in [0, 0.1) is 0 Å². The Morgan fingerprint density at radius 2 is 2.11 bits per heavy atom. The van der Waals surface area contributed by atoms with Gasteiger partial charge in [-0.1, -0.05) is 6.07 Å². The van der Waals surface area contributed by atoms with Crippen molar-refractivity contribution in [2.24, 2.45) is 0 Å². The van der Waals surface area contributed by atoms with Crippen LogP contribution in [0.15, 0.2) is 23.0 Å². The van der Waals surface area contributed by atoms with Crippen molar-refractivity contribution in [3.63, 3.8) is 0 Å². The second-order valence-corrected chi connectivity index (χ2v) is 9.23. The minimum Gasteiger partial charge on any atom is -0.490 e. The Bertz CT molecular complexity index is 1140. The topological polar surface area (TPSA) is 74.4 Å². The van der Waals surface area contributed by atoms with E-state index in [4.69, 9.17) is 4.74 Å². The highest BCUT2D eigenvalue weighted by Gasteiger charge is 2.37. The molecule has 2 fully saturated rings. The summed E-state index contributed by atoms with van der Waals surface area (Å²) in [4.78, 5) is 30.3. The van der Waals surface area contributed by atoms with Crippen LogP contribution in [-0.4, -0.2) is 42.0 Å². The molecule has 28 heavy (non-hydrogen) atoms. The predicted molar refractivity (Wildman–Crippen MR) is 111 cm³/mol. The number of hydrogen-bond donors (Lipinski definition) is 2. The third-order valence-corrected chi connectivity index (χ3v) is 6.73. The Hall–Kier alpha value is -2.38. The molecule has 1 aromatic heterocycles. The van der Waals surface area contributed by atoms with Crippen molar-refractivity contribution < 1.29 is 9.53 Å². The Balaban J connectivity index is 1.56. The number of Topliss-reactive ketones (excluding diaryl/α,β-unsaturated/α-hetero) is 1. The first kappa shape index (κ1) is 17.7. The number of fused-ring (bicyclic) bond motifs is 1. The average molecular weight is 398 g/mol. The molecule has 1 saturated heterocycles. The van der Waals surface area contributed by atoms with Crippen LogP contribution in [0.3, 0.4) is 0 Å². The number of rotatable bonds is 2. The molecule has 0 radical (unpaired) electrons. The molecule has 6 nitrogen and oxygen atoms in total. The highest BCUT2D eigenvalue weighted by atomic mass is 32.1. The van der Waals surface area contributed by atoms with Gasteiger partial charge >= 0.3 is 0 Å². The summed E-state index contributed by atoms with van der Waals surface area (Å²) in [6.45, 7) is 5.84. The SMILES string of the molecule is CC1(C)NC/C(=c2/[nH]c(=O)/c(=C/c3ccc4c(c3)N(C3CC3)CCO4)s2)C1=O. The summed E-state index contributed by atoms with van der Waals surface area (Å²) in [5.74, 6) is 0.957. The summed E-state index contributed by atoms with van der Waals surface area (Å²) in [6, 6.07) is 6.69. The smallest absolute Gasteiger partial charge is 0.266 e. The summed E-state index contributed by atoms with van der Waals surface area (Å²) >= 11 is 1.35. The van der Waals surface area contributed by atoms with Crippen LogP contribution in [0.5, 0.6) is 5.75 Å². The van der Waals surface area contributed by atoms with Gasteiger partial charge in [0.2, 0.25) is 0 Å². The minimum atomic E-state index is -0.579. The molecule has 146 valence electrons. The fraction of sp³-hybridized carbons (Fsp3) is 0.429. The molecule has 5 rings (SSSR count). The number of nitrogens with one attached hydrogen (secondary N) is 2. The average Bonchev–Trinajstić information content (AvgIpc) is 3.40. The van der Waals surface area contributed by atoms with Crippen molar-refractivity contribution in [3.05, 3.63) is 43.3 Å². The number of benzene rings is 1. The van der Waals surface area contributed by atoms with Crippen molar-refractivity contribution in [2.75, 3.05) is 24.6 Å². The maximum absolute atomic E-state index is 12.5. The van der Waals surface area contributed by atoms with E-state index >= 15 is 0 Å². The lowest BCUT2D eigenvalue weighted by Gasteiger charge is -2.31. The number of hydrogen-bond acceptors (Lipinski definition) is 6. The Kier molecular flexibility index (Phi) is 4.00. The maximum Gasteiger partial charge on any atom is 0.266 e. The summed E-state index contributed by atoms with van der Waals surface area (Å²) in [5, 5.41) is 3.20. The van der Waals surface area contributed by atoms with E-state index in [1.54, 1.807) is 0 Å². The molecule has 2 aromatic rings. The standard InChI is InChI=1S/C21H23N3O3S/c1-21(2)18(25)14(11-22-21)20-23-19(26)17(28-20)10-12-3-6-16-15(9-12)24(7-8-27-16)13-4-5-13/h3,6,9-10,13,22H,4-5,7-8,11H2,1-2H3,(H,23,26)/b17-10-,20-14+. The van der Waals surface area contributed by atoms with Crippen molar-refractivity contribution in [1.82, 2.24) is 10.3 Å². The van der Waals surface area contributed by atoms with Gasteiger partial charge in [-0.25, -0.2) is 0 Å². The zero-order chi connectivity index (χ0) is 19.5. The van der Waals surface area contributed by atoms with Crippen LogP contribution >= 0.6 is 11.3 Å². The maximum atomic E-state index is 12.5. The number of aromatic amines is 1. The molecule has 1 aromatic carbocycles. The van der Waals surface area contributed by atoms with Crippen molar-refractivity contribution >= 4 is 34.5 Å². The van der Waals surface area contributed by atoms with Crippen LogP contribution in [0.1, 0.15) is 32.3 Å². The minimum absolute atomic E-state index is 0.0440. The molecule has 2 aliphatic heterocycles. The highest BCUT2D eigenvalue weighted by Crippen LogP contribution is 2.39. The first-order chi connectivity index (χ1) is 13.4. The molecule has 0 spiro atoms. The van der Waals surface area contributed by atoms with E-state index in [0.717, 1.165) is 30.2 Å². The van der Waals surface area contributed by atoms with Gasteiger partial charge in [-0.2, -0.15) is 0 Å². The number of anilines is 1. The van der Waals surface area contributed by atoms with Crippen LogP contribution in [0.25, 0.3) is 11.6 Å². The first-order valence-corrected chi connectivity index (χ1v) is 10.5. The number of nitrogens with zero attached hydrogens (tertiary/aromatic N) is 1. The number of ether oxygens (including phenoxy) is 1. The summed E-state index contributed by atoms with van der Waals surface area (Å²) < 4.78 is 7.05. The van der Waals surface area contributed by atoms with Gasteiger partial charge in [-0.15, -0.1) is 11.3 Å². The van der Waals surface area contributed by atoms with Gasteiger partial charge in [-0.05, 0) is 50.5 Å². The van der Waals surface area contributed by atoms with Gasteiger partial charge in [0.1, 0.15) is 17.0 Å². The third kappa shape index (κ3) is 2.99. The third-order valence-electron chi connectivity index (χ3n) is 5.65. The number of ketones is 1. The van der Waals surface area contributed by atoms with E-state index in [9.17, 15) is 9.59 Å². The number of carbonyl (C=O) groups is 1. The second-order valence-electron chi connectivity index (χ2n) is 8.18. The van der Waals surface area contributed by atoms with Gasteiger partial charge in [0.25, 0.3) is 5.56 Å². The molecule has 0 bridgehead atoms. The number of aromatic nitrogens is 1. The largest absolute Gasteiger partial charge is 0.490 e. The fourth-order valence-electron chi connectivity index (χ4n) is 3.87. The van der Waals surface area contributed by atoms with Gasteiger partial charge in [0.05, 0.1) is 22.3 Å². The fourth-order valence-corrected chi connectivity index (χ4v) is 4.86. The first-order valence-electron chi connectivity index (χ1n) is 9.70. The lowest BCUT2D eigenvalue weighted by atomic mass is 10.00. The Labute approximate surface area is 166 Å². The van der Waals surface area contributed by atoms with Gasteiger partial charge < -0.3 is 19.9 Å². The number of H-pyrrole nitrogens is 1. The quantitative estimate of drug-likeness (QED) is 0.782. The summed E-state index contributed by atoms with van der Waals surface area (Å²) in [7, 11) is 0. The predicted octanol–water partition coefficient (Wildman–Crippen LogP) is 0.728. The van der Waals surface area contributed by atoms with Crippen LogP contribution in [0.2, 0.25) is 0 Å². The van der Waals surface area contributed by atoms with E-state index in [1.807, 2.05) is 32.1 Å². The summed E-state index contributed by atoms with van der Waals surface area (Å²) in [6.07, 6.45) is 4.36. The Morgan fingerprint density at radius 3 is 2.82 bits per heavy atom. The number of carbonyl (C=O) groups excluding carboxylic acids is 1. The second kappa shape index (κ2) is 6.32. The van der Waals surface area contributed by atoms with E-state index in [0.29, 0.717) is 27.4 Å². The lowest BCUT2D eigenvalue weighted by Crippen LogP contribution is -2.38. The van der Waals surface area contributed by atoms with Crippen molar-refractivity contribution in [1.29, 1.82) is 0 Å². The van der Waals surface area contributed by atoms with Gasteiger partial charge in [0.15, 0.2) is 5.78 Å². The molecule has 0 atom stereocenters. The molecule has 0 unspecified atom stereocenters. The molecule has 2 N–H and O–H groups in total. The van der Waals surface area contributed by atoms with Crippen molar-refractivity contribution in [3.8, 4) is 5.75 Å². The van der Waals surface area contributed by atoms with Crippen LogP contribution in [0.4, 0.5) is 5.69 Å². The lowest BCUT2D eigenvalue weighted by molar-refractivity contribution is -0.117. The molecule has 3 heterocycles.